The number of hydrogen-bond acceptors (Lipinski definition) is 6. The average molecular weight is 372 g/mol. The fourth-order valence-electron chi connectivity index (χ4n) is 2.47. The number of rotatable bonds is 8. The average Bonchev–Trinajstić information content (AvgIpc) is 2.57. The highest BCUT2D eigenvalue weighted by atomic mass is 16.5. The largest absolute Gasteiger partial charge is 0.493 e. The van der Waals surface area contributed by atoms with Crippen molar-refractivity contribution in [1.82, 2.24) is 4.98 Å². The lowest BCUT2D eigenvalue weighted by atomic mass is 10.1. The van der Waals surface area contributed by atoms with Crippen LogP contribution in [0.4, 0.5) is 5.82 Å². The van der Waals surface area contributed by atoms with Crippen LogP contribution in [0.2, 0.25) is 0 Å². The molecule has 0 amide bonds. The number of amidine groups is 1. The van der Waals surface area contributed by atoms with Crippen molar-refractivity contribution in [3.05, 3.63) is 30.0 Å². The summed E-state index contributed by atoms with van der Waals surface area (Å²) in [6, 6.07) is 5.59. The molecule has 27 heavy (non-hydrogen) atoms. The van der Waals surface area contributed by atoms with E-state index in [1.807, 2.05) is 32.0 Å². The first-order chi connectivity index (χ1) is 12.8. The number of aliphatic imine (C=N–C) groups is 1. The Morgan fingerprint density at radius 3 is 2.56 bits per heavy atom. The Bertz CT molecular complexity index is 856. The lowest BCUT2D eigenvalue weighted by Gasteiger charge is -2.15. The molecule has 0 saturated heterocycles. The first-order valence-corrected chi connectivity index (χ1v) is 8.94. The second-order valence-electron chi connectivity index (χ2n) is 6.45. The van der Waals surface area contributed by atoms with E-state index in [0.29, 0.717) is 35.5 Å². The van der Waals surface area contributed by atoms with Gasteiger partial charge < -0.3 is 25.7 Å². The van der Waals surface area contributed by atoms with Crippen molar-refractivity contribution in [1.29, 1.82) is 0 Å². The van der Waals surface area contributed by atoms with Crippen molar-refractivity contribution < 1.29 is 14.2 Å². The molecular weight excluding hydrogens is 344 g/mol. The van der Waals surface area contributed by atoms with Gasteiger partial charge in [-0.1, -0.05) is 6.92 Å². The number of nitrogens with two attached hydrogens (primary N) is 2. The molecule has 1 aromatic heterocycles. The van der Waals surface area contributed by atoms with Crippen LogP contribution in [0.25, 0.3) is 10.8 Å². The Kier molecular flexibility index (Phi) is 6.87. The van der Waals surface area contributed by atoms with E-state index in [0.717, 1.165) is 17.2 Å². The molecule has 1 aromatic carbocycles. The predicted molar refractivity (Wildman–Crippen MR) is 109 cm³/mol. The van der Waals surface area contributed by atoms with E-state index < -0.39 is 0 Å². The lowest BCUT2D eigenvalue weighted by molar-refractivity contribution is 0.236. The van der Waals surface area contributed by atoms with E-state index >= 15 is 0 Å². The number of hydrogen-bond donors (Lipinski definition) is 2. The van der Waals surface area contributed by atoms with Gasteiger partial charge >= 0.3 is 0 Å². The molecule has 0 unspecified atom stereocenters. The second kappa shape index (κ2) is 9.12. The molecule has 0 fully saturated rings. The van der Waals surface area contributed by atoms with Gasteiger partial charge in [0.05, 0.1) is 19.8 Å². The van der Waals surface area contributed by atoms with Crippen molar-refractivity contribution in [2.45, 2.75) is 40.2 Å². The minimum absolute atomic E-state index is 0.0505. The Morgan fingerprint density at radius 1 is 1.22 bits per heavy atom. The number of methoxy groups -OCH3 is 1. The van der Waals surface area contributed by atoms with Crippen molar-refractivity contribution >= 4 is 22.4 Å². The fraction of sp³-hybridized carbons (Fsp3) is 0.400. The van der Waals surface area contributed by atoms with Gasteiger partial charge in [-0.15, -0.1) is 0 Å². The summed E-state index contributed by atoms with van der Waals surface area (Å²) in [4.78, 5) is 8.83. The maximum atomic E-state index is 5.91. The van der Waals surface area contributed by atoms with Gasteiger partial charge in [0.25, 0.3) is 0 Å². The Balaban J connectivity index is 2.64. The minimum atomic E-state index is -0.0505. The molecule has 0 spiro atoms. The maximum Gasteiger partial charge on any atom is 0.223 e. The van der Waals surface area contributed by atoms with Gasteiger partial charge in [0.15, 0.2) is 17.3 Å². The summed E-state index contributed by atoms with van der Waals surface area (Å²) in [7, 11) is 1.61. The van der Waals surface area contributed by atoms with Crippen LogP contribution in [0.3, 0.4) is 0 Å². The predicted octanol–water partition coefficient (Wildman–Crippen LogP) is 3.67. The van der Waals surface area contributed by atoms with Crippen molar-refractivity contribution in [3.8, 4) is 17.4 Å². The molecular formula is C20H28N4O3. The number of benzene rings is 1. The maximum absolute atomic E-state index is 5.91. The Labute approximate surface area is 160 Å². The van der Waals surface area contributed by atoms with E-state index in [1.165, 1.54) is 0 Å². The third-order valence-electron chi connectivity index (χ3n) is 3.50. The third-order valence-corrected chi connectivity index (χ3v) is 3.50. The molecule has 0 bridgehead atoms. The molecule has 0 aliphatic carbocycles. The van der Waals surface area contributed by atoms with E-state index in [-0.39, 0.29) is 11.9 Å². The molecule has 146 valence electrons. The van der Waals surface area contributed by atoms with Crippen LogP contribution in [-0.2, 0) is 0 Å². The third kappa shape index (κ3) is 5.51. The van der Waals surface area contributed by atoms with Crippen molar-refractivity contribution in [2.75, 3.05) is 13.7 Å². The smallest absolute Gasteiger partial charge is 0.223 e. The summed E-state index contributed by atoms with van der Waals surface area (Å²) < 4.78 is 17.2. The fourth-order valence-corrected chi connectivity index (χ4v) is 2.47. The van der Waals surface area contributed by atoms with E-state index in [4.69, 9.17) is 25.7 Å². The van der Waals surface area contributed by atoms with Crippen LogP contribution in [0.15, 0.2) is 35.0 Å². The molecule has 7 nitrogen and oxygen atoms in total. The van der Waals surface area contributed by atoms with Gasteiger partial charge in [0, 0.05) is 11.1 Å². The van der Waals surface area contributed by atoms with Crippen LogP contribution in [-0.4, -0.2) is 30.6 Å². The quantitative estimate of drug-likeness (QED) is 0.541. The monoisotopic (exact) mass is 372 g/mol. The number of pyridine rings is 1. The summed E-state index contributed by atoms with van der Waals surface area (Å²) in [5.41, 5.74) is 12.1. The van der Waals surface area contributed by atoms with Gasteiger partial charge in [-0.2, -0.15) is 4.98 Å². The highest BCUT2D eigenvalue weighted by Crippen LogP contribution is 2.37. The van der Waals surface area contributed by atoms with Crippen molar-refractivity contribution in [3.63, 3.8) is 0 Å². The van der Waals surface area contributed by atoms with Crippen LogP contribution in [0.5, 0.6) is 17.4 Å². The topological polar surface area (TPSA) is 105 Å². The summed E-state index contributed by atoms with van der Waals surface area (Å²) in [6.45, 7) is 8.27. The molecule has 0 aliphatic rings. The minimum Gasteiger partial charge on any atom is -0.493 e. The zero-order chi connectivity index (χ0) is 20.0. The zero-order valence-corrected chi connectivity index (χ0v) is 16.6. The van der Waals surface area contributed by atoms with Gasteiger partial charge in [-0.05, 0) is 56.9 Å². The van der Waals surface area contributed by atoms with E-state index in [2.05, 4.69) is 16.9 Å². The first kappa shape index (κ1) is 20.4. The number of allylic oxidation sites excluding steroid dienone is 1. The summed E-state index contributed by atoms with van der Waals surface area (Å²) in [6.07, 6.45) is 2.43. The molecule has 0 saturated carbocycles. The van der Waals surface area contributed by atoms with E-state index in [9.17, 15) is 0 Å². The molecule has 0 atom stereocenters. The van der Waals surface area contributed by atoms with Crippen LogP contribution in [0, 0.1) is 0 Å². The summed E-state index contributed by atoms with van der Waals surface area (Å²) >= 11 is 0. The molecule has 2 rings (SSSR count). The van der Waals surface area contributed by atoms with Gasteiger partial charge in [-0.3, -0.25) is 0 Å². The van der Waals surface area contributed by atoms with Gasteiger partial charge in [-0.25, -0.2) is 4.99 Å². The van der Waals surface area contributed by atoms with Crippen LogP contribution < -0.4 is 25.7 Å². The standard InChI is InChI=1S/C20H28N4O3/c1-6-7-26-17-9-14-10-19(23-18(22)8-13(4)21)24-20(27-12(2)3)15(14)11-16(17)25-5/h8-12H,6-7,21H2,1-5H3,(H2,22,23,24)/b13-8-. The highest BCUT2D eigenvalue weighted by molar-refractivity contribution is 5.95. The SMILES string of the molecule is CCCOc1cc2cc(/N=C(N)\C=C(\C)N)nc(OC(C)C)c2cc1OC. The molecule has 0 radical (unpaired) electrons. The number of fused-ring (bicyclic) bond motifs is 1. The normalized spacial score (nSPS) is 12.5. The highest BCUT2D eigenvalue weighted by Gasteiger charge is 2.14. The second-order valence-corrected chi connectivity index (χ2v) is 6.45. The molecule has 7 heteroatoms. The molecule has 0 aliphatic heterocycles. The molecule has 4 N–H and O–H groups in total. The Morgan fingerprint density at radius 2 is 1.96 bits per heavy atom. The van der Waals surface area contributed by atoms with E-state index in [1.54, 1.807) is 20.1 Å². The first-order valence-electron chi connectivity index (χ1n) is 8.94. The van der Waals surface area contributed by atoms with Gasteiger partial charge in [0.2, 0.25) is 5.88 Å². The zero-order valence-electron chi connectivity index (χ0n) is 16.6. The number of ether oxygens (including phenoxy) is 3. The number of nitrogens with zero attached hydrogens (tertiary/aromatic N) is 2. The summed E-state index contributed by atoms with van der Waals surface area (Å²) in [5.74, 6) is 2.45. The molecule has 1 heterocycles. The molecule has 2 aromatic rings. The summed E-state index contributed by atoms with van der Waals surface area (Å²) in [5, 5.41) is 1.68. The van der Waals surface area contributed by atoms with Crippen LogP contribution in [0.1, 0.15) is 34.1 Å². The van der Waals surface area contributed by atoms with Crippen LogP contribution >= 0.6 is 0 Å². The Hall–Kier alpha value is -2.96. The number of aromatic nitrogens is 1. The van der Waals surface area contributed by atoms with Crippen molar-refractivity contribution in [2.24, 2.45) is 16.5 Å². The van der Waals surface area contributed by atoms with Gasteiger partial charge in [0.1, 0.15) is 5.84 Å². The lowest BCUT2D eigenvalue weighted by Crippen LogP contribution is -2.11.